The quantitative estimate of drug-likeness (QED) is 0.757. The molecule has 2 aromatic carbocycles. The molecule has 108 valence electrons. The van der Waals surface area contributed by atoms with Crippen LogP contribution >= 0.6 is 11.6 Å². The molecule has 0 saturated heterocycles. The van der Waals surface area contributed by atoms with Gasteiger partial charge in [0, 0.05) is 18.2 Å². The van der Waals surface area contributed by atoms with Crippen molar-refractivity contribution < 1.29 is 9.90 Å². The summed E-state index contributed by atoms with van der Waals surface area (Å²) in [6.45, 7) is 0.654. The molecule has 1 aliphatic carbocycles. The summed E-state index contributed by atoms with van der Waals surface area (Å²) >= 11 is 6.12. The van der Waals surface area contributed by atoms with Crippen LogP contribution in [0.2, 0.25) is 5.02 Å². The van der Waals surface area contributed by atoms with Crippen LogP contribution in [-0.4, -0.2) is 17.6 Å². The number of hydrogen-bond donors (Lipinski definition) is 3. The number of rotatable bonds is 4. The fourth-order valence-electron chi connectivity index (χ4n) is 2.75. The Morgan fingerprint density at radius 3 is 2.86 bits per heavy atom. The predicted octanol–water partition coefficient (Wildman–Crippen LogP) is 3.37. The lowest BCUT2D eigenvalue weighted by Gasteiger charge is -2.30. The molecule has 0 saturated carbocycles. The van der Waals surface area contributed by atoms with Gasteiger partial charge in [-0.25, -0.2) is 4.79 Å². The maximum Gasteiger partial charge on any atom is 0.337 e. The van der Waals surface area contributed by atoms with E-state index in [0.29, 0.717) is 28.9 Å². The van der Waals surface area contributed by atoms with Gasteiger partial charge in [-0.2, -0.15) is 0 Å². The molecule has 1 atom stereocenters. The highest BCUT2D eigenvalue weighted by atomic mass is 35.5. The summed E-state index contributed by atoms with van der Waals surface area (Å²) in [5.74, 6) is -0.655. The first-order valence-electron chi connectivity index (χ1n) is 6.70. The molecule has 0 bridgehead atoms. The van der Waals surface area contributed by atoms with Gasteiger partial charge in [-0.05, 0) is 29.7 Å². The summed E-state index contributed by atoms with van der Waals surface area (Å²) in [5, 5.41) is 12.8. The van der Waals surface area contributed by atoms with Crippen LogP contribution in [0.5, 0.6) is 0 Å². The molecule has 0 aliphatic heterocycles. The number of carboxylic acid groups (broad SMARTS) is 1. The van der Waals surface area contributed by atoms with E-state index in [9.17, 15) is 9.90 Å². The maximum absolute atomic E-state index is 11.3. The lowest BCUT2D eigenvalue weighted by atomic mass is 9.77. The smallest absolute Gasteiger partial charge is 0.337 e. The number of hydrogen-bond acceptors (Lipinski definition) is 3. The highest BCUT2D eigenvalue weighted by Gasteiger charge is 2.26. The number of nitrogen functional groups attached to an aromatic ring is 1. The Morgan fingerprint density at radius 2 is 2.14 bits per heavy atom. The van der Waals surface area contributed by atoms with Crippen molar-refractivity contribution >= 4 is 28.9 Å². The molecule has 1 unspecified atom stereocenters. The monoisotopic (exact) mass is 302 g/mol. The Balaban J connectivity index is 1.79. The van der Waals surface area contributed by atoms with E-state index in [0.717, 1.165) is 6.42 Å². The van der Waals surface area contributed by atoms with Crippen molar-refractivity contribution in [2.45, 2.75) is 12.3 Å². The zero-order chi connectivity index (χ0) is 15.0. The topological polar surface area (TPSA) is 75.3 Å². The van der Waals surface area contributed by atoms with Crippen LogP contribution in [0, 0.1) is 0 Å². The SMILES string of the molecule is Nc1cc(Cl)c(NCC2Cc3ccccc32)c(C(=O)O)c1. The van der Waals surface area contributed by atoms with Crippen LogP contribution in [0.1, 0.15) is 27.4 Å². The van der Waals surface area contributed by atoms with Gasteiger partial charge in [0.15, 0.2) is 0 Å². The summed E-state index contributed by atoms with van der Waals surface area (Å²) in [7, 11) is 0. The maximum atomic E-state index is 11.3. The highest BCUT2D eigenvalue weighted by molar-refractivity contribution is 6.34. The predicted molar refractivity (Wildman–Crippen MR) is 84.2 cm³/mol. The minimum absolute atomic E-state index is 0.104. The fourth-order valence-corrected chi connectivity index (χ4v) is 3.04. The number of nitrogens with one attached hydrogen (secondary N) is 1. The summed E-state index contributed by atoms with van der Waals surface area (Å²) in [6, 6.07) is 11.3. The average Bonchev–Trinajstić information content (AvgIpc) is 2.41. The second-order valence-corrected chi connectivity index (χ2v) is 5.62. The Morgan fingerprint density at radius 1 is 1.38 bits per heavy atom. The van der Waals surface area contributed by atoms with Crippen molar-refractivity contribution in [3.05, 3.63) is 58.1 Å². The first kappa shape index (κ1) is 13.8. The minimum atomic E-state index is -1.04. The van der Waals surface area contributed by atoms with E-state index < -0.39 is 5.97 Å². The normalized spacial score (nSPS) is 16.0. The molecule has 0 radical (unpaired) electrons. The molecular weight excluding hydrogens is 288 g/mol. The van der Waals surface area contributed by atoms with E-state index in [1.807, 2.05) is 12.1 Å². The van der Waals surface area contributed by atoms with Crippen LogP contribution in [0.15, 0.2) is 36.4 Å². The number of carboxylic acids is 1. The van der Waals surface area contributed by atoms with E-state index in [2.05, 4.69) is 17.4 Å². The number of halogens is 1. The van der Waals surface area contributed by atoms with Gasteiger partial charge in [-0.15, -0.1) is 0 Å². The number of fused-ring (bicyclic) bond motifs is 1. The van der Waals surface area contributed by atoms with Gasteiger partial charge in [-0.1, -0.05) is 35.9 Å². The second-order valence-electron chi connectivity index (χ2n) is 5.21. The highest BCUT2D eigenvalue weighted by Crippen LogP contribution is 2.36. The molecule has 1 aliphatic rings. The second kappa shape index (κ2) is 5.30. The van der Waals surface area contributed by atoms with Crippen molar-refractivity contribution in [3.8, 4) is 0 Å². The van der Waals surface area contributed by atoms with Gasteiger partial charge < -0.3 is 16.2 Å². The standard InChI is InChI=1S/C16H15ClN2O2/c17-14-7-11(18)6-13(16(20)21)15(14)19-8-10-5-9-3-1-2-4-12(9)10/h1-4,6-7,10,19H,5,8,18H2,(H,20,21). The van der Waals surface area contributed by atoms with Crippen molar-refractivity contribution in [1.29, 1.82) is 0 Å². The minimum Gasteiger partial charge on any atom is -0.478 e. The van der Waals surface area contributed by atoms with Crippen molar-refractivity contribution in [3.63, 3.8) is 0 Å². The van der Waals surface area contributed by atoms with Gasteiger partial charge >= 0.3 is 5.97 Å². The number of benzene rings is 2. The number of aromatic carboxylic acids is 1. The van der Waals surface area contributed by atoms with Gasteiger partial charge in [-0.3, -0.25) is 0 Å². The van der Waals surface area contributed by atoms with Crippen molar-refractivity contribution in [1.82, 2.24) is 0 Å². The van der Waals surface area contributed by atoms with Crippen LogP contribution in [0.3, 0.4) is 0 Å². The molecular formula is C16H15ClN2O2. The third-order valence-electron chi connectivity index (χ3n) is 3.83. The van der Waals surface area contributed by atoms with E-state index in [-0.39, 0.29) is 5.56 Å². The van der Waals surface area contributed by atoms with Crippen LogP contribution in [0.25, 0.3) is 0 Å². The molecule has 0 amide bonds. The van der Waals surface area contributed by atoms with Crippen molar-refractivity contribution in [2.24, 2.45) is 0 Å². The molecule has 0 fully saturated rings. The Hall–Kier alpha value is -2.20. The molecule has 4 N–H and O–H groups in total. The molecule has 2 aromatic rings. The van der Waals surface area contributed by atoms with E-state index in [1.165, 1.54) is 17.2 Å². The van der Waals surface area contributed by atoms with Gasteiger partial charge in [0.2, 0.25) is 0 Å². The van der Waals surface area contributed by atoms with E-state index in [4.69, 9.17) is 17.3 Å². The number of carbonyl (C=O) groups is 1. The zero-order valence-electron chi connectivity index (χ0n) is 11.3. The largest absolute Gasteiger partial charge is 0.478 e. The molecule has 4 nitrogen and oxygen atoms in total. The van der Waals surface area contributed by atoms with Gasteiger partial charge in [0.05, 0.1) is 16.3 Å². The fraction of sp³-hybridized carbons (Fsp3) is 0.188. The number of nitrogens with two attached hydrogens (primary N) is 1. The van der Waals surface area contributed by atoms with E-state index >= 15 is 0 Å². The lowest BCUT2D eigenvalue weighted by Crippen LogP contribution is -2.25. The lowest BCUT2D eigenvalue weighted by molar-refractivity contribution is 0.0698. The van der Waals surface area contributed by atoms with Crippen LogP contribution in [0.4, 0.5) is 11.4 Å². The molecule has 0 heterocycles. The summed E-state index contributed by atoms with van der Waals surface area (Å²) in [6.07, 6.45) is 0.998. The van der Waals surface area contributed by atoms with Crippen molar-refractivity contribution in [2.75, 3.05) is 17.6 Å². The molecule has 0 aromatic heterocycles. The van der Waals surface area contributed by atoms with Gasteiger partial charge in [0.1, 0.15) is 0 Å². The number of anilines is 2. The molecule has 5 heteroatoms. The van der Waals surface area contributed by atoms with Gasteiger partial charge in [0.25, 0.3) is 0 Å². The molecule has 0 spiro atoms. The Kier molecular flexibility index (Phi) is 3.47. The zero-order valence-corrected chi connectivity index (χ0v) is 12.0. The summed E-state index contributed by atoms with van der Waals surface area (Å²) in [4.78, 5) is 11.3. The summed E-state index contributed by atoms with van der Waals surface area (Å²) in [5.41, 5.74) is 9.20. The third-order valence-corrected chi connectivity index (χ3v) is 4.13. The summed E-state index contributed by atoms with van der Waals surface area (Å²) < 4.78 is 0. The Labute approximate surface area is 127 Å². The Bertz CT molecular complexity index is 715. The van der Waals surface area contributed by atoms with Crippen LogP contribution in [-0.2, 0) is 6.42 Å². The van der Waals surface area contributed by atoms with Crippen LogP contribution < -0.4 is 11.1 Å². The average molecular weight is 303 g/mol. The molecule has 21 heavy (non-hydrogen) atoms. The van der Waals surface area contributed by atoms with E-state index in [1.54, 1.807) is 6.07 Å². The first-order chi connectivity index (χ1) is 10.1. The molecule has 3 rings (SSSR count). The first-order valence-corrected chi connectivity index (χ1v) is 7.08. The third kappa shape index (κ3) is 2.54.